The number of aromatic nitrogens is 1. The van der Waals surface area contributed by atoms with Gasteiger partial charge in [0, 0.05) is 16.4 Å². The quantitative estimate of drug-likeness (QED) is 0.288. The first-order valence-electron chi connectivity index (χ1n) is 9.82. The number of nitrogens with one attached hydrogen (secondary N) is 2. The molecular weight excluding hydrogens is 455 g/mol. The Morgan fingerprint density at radius 3 is 2.71 bits per heavy atom. The van der Waals surface area contributed by atoms with E-state index in [2.05, 4.69) is 20.8 Å². The first kappa shape index (κ1) is 23.3. The predicted octanol–water partition coefficient (Wildman–Crippen LogP) is 6.82. The van der Waals surface area contributed by atoms with Crippen molar-refractivity contribution in [1.82, 2.24) is 4.98 Å². The largest absolute Gasteiger partial charge is 0.479 e. The van der Waals surface area contributed by atoms with Gasteiger partial charge in [-0.1, -0.05) is 41.5 Å². The lowest BCUT2D eigenvalue weighted by molar-refractivity contribution is -0.122. The maximum Gasteiger partial charge on any atom is 0.265 e. The Kier molecular flexibility index (Phi) is 7.41. The van der Waals surface area contributed by atoms with Crippen molar-refractivity contribution in [2.45, 2.75) is 47.1 Å². The predicted molar refractivity (Wildman–Crippen MR) is 131 cm³/mol. The number of fused-ring (bicyclic) bond motifs is 1. The molecule has 0 aliphatic rings. The van der Waals surface area contributed by atoms with E-state index in [1.54, 1.807) is 25.1 Å². The van der Waals surface area contributed by atoms with Gasteiger partial charge in [-0.3, -0.25) is 10.2 Å². The minimum absolute atomic E-state index is 0.275. The van der Waals surface area contributed by atoms with Crippen molar-refractivity contribution in [3.8, 4) is 5.75 Å². The average molecular weight is 479 g/mol. The number of nitrogens with zero attached hydrogens (tertiary/aromatic N) is 2. The molecule has 0 fully saturated rings. The molecule has 31 heavy (non-hydrogen) atoms. The number of hydrogen-bond donors (Lipinski definition) is 2. The number of amides is 1. The van der Waals surface area contributed by atoms with Gasteiger partial charge in [0.2, 0.25) is 5.13 Å². The molecule has 0 spiro atoms. The van der Waals surface area contributed by atoms with Crippen LogP contribution in [0.1, 0.15) is 38.3 Å². The Balaban J connectivity index is 1.80. The monoisotopic (exact) mass is 478 g/mol. The second-order valence-corrected chi connectivity index (χ2v) is 9.04. The number of anilines is 2. The summed E-state index contributed by atoms with van der Waals surface area (Å²) in [6, 6.07) is 6.84. The average Bonchev–Trinajstić information content (AvgIpc) is 3.14. The number of benzene rings is 2. The van der Waals surface area contributed by atoms with Gasteiger partial charge in [0.25, 0.3) is 5.91 Å². The van der Waals surface area contributed by atoms with Crippen LogP contribution in [-0.2, 0) is 4.79 Å². The van der Waals surface area contributed by atoms with Crippen LogP contribution in [0.4, 0.5) is 10.8 Å². The van der Waals surface area contributed by atoms with Crippen molar-refractivity contribution < 1.29 is 9.53 Å². The first-order valence-corrected chi connectivity index (χ1v) is 11.4. The van der Waals surface area contributed by atoms with E-state index in [1.165, 1.54) is 11.3 Å². The fourth-order valence-corrected chi connectivity index (χ4v) is 4.23. The fraction of sp³-hybridized carbons (Fsp3) is 0.318. The van der Waals surface area contributed by atoms with E-state index in [-0.39, 0.29) is 5.91 Å². The highest BCUT2D eigenvalue weighted by Gasteiger charge is 2.20. The van der Waals surface area contributed by atoms with Gasteiger partial charge in [0.15, 0.2) is 6.10 Å². The fourth-order valence-electron chi connectivity index (χ4n) is 2.89. The van der Waals surface area contributed by atoms with Crippen LogP contribution in [0.15, 0.2) is 29.4 Å². The third-order valence-electron chi connectivity index (χ3n) is 4.79. The highest BCUT2D eigenvalue weighted by molar-refractivity contribution is 7.22. The number of thiazole rings is 1. The summed E-state index contributed by atoms with van der Waals surface area (Å²) in [7, 11) is 0. The van der Waals surface area contributed by atoms with Gasteiger partial charge >= 0.3 is 0 Å². The van der Waals surface area contributed by atoms with Crippen molar-refractivity contribution in [2.24, 2.45) is 5.10 Å². The van der Waals surface area contributed by atoms with Gasteiger partial charge in [-0.05, 0) is 69.5 Å². The van der Waals surface area contributed by atoms with E-state index >= 15 is 0 Å². The second kappa shape index (κ2) is 9.85. The Bertz CT molecular complexity index is 1160. The molecule has 2 N–H and O–H groups in total. The maximum atomic E-state index is 12.8. The molecule has 0 aliphatic heterocycles. The van der Waals surface area contributed by atoms with Gasteiger partial charge in [-0.25, -0.2) is 4.98 Å². The summed E-state index contributed by atoms with van der Waals surface area (Å²) >= 11 is 13.6. The van der Waals surface area contributed by atoms with Crippen LogP contribution in [0.2, 0.25) is 10.0 Å². The van der Waals surface area contributed by atoms with Gasteiger partial charge in [-0.2, -0.15) is 5.10 Å². The smallest absolute Gasteiger partial charge is 0.265 e. The Morgan fingerprint density at radius 1 is 1.29 bits per heavy atom. The molecule has 1 heterocycles. The lowest BCUT2D eigenvalue weighted by Gasteiger charge is -2.18. The number of ether oxygens (including phenoxy) is 1. The molecule has 164 valence electrons. The van der Waals surface area contributed by atoms with Crippen molar-refractivity contribution >= 4 is 67.2 Å². The number of aryl methyl sites for hydroxylation is 2. The number of carbonyl (C=O) groups excluding carboxylic acids is 1. The van der Waals surface area contributed by atoms with Gasteiger partial charge in [-0.15, -0.1) is 0 Å². The van der Waals surface area contributed by atoms with Crippen LogP contribution >= 0.6 is 34.5 Å². The van der Waals surface area contributed by atoms with Gasteiger partial charge in [0.1, 0.15) is 5.75 Å². The van der Waals surface area contributed by atoms with E-state index in [0.29, 0.717) is 20.9 Å². The molecule has 0 saturated carbocycles. The zero-order valence-electron chi connectivity index (χ0n) is 18.0. The molecule has 6 nitrogen and oxygen atoms in total. The van der Waals surface area contributed by atoms with E-state index in [0.717, 1.165) is 39.2 Å². The third kappa shape index (κ3) is 5.47. The van der Waals surface area contributed by atoms with Crippen LogP contribution in [0.25, 0.3) is 10.2 Å². The number of carbonyl (C=O) groups is 1. The molecule has 0 saturated heterocycles. The van der Waals surface area contributed by atoms with Crippen LogP contribution in [-0.4, -0.2) is 22.7 Å². The summed E-state index contributed by atoms with van der Waals surface area (Å²) < 4.78 is 6.72. The standard InChI is InChI=1S/C22H24Cl2N4O2S/c1-6-12(3)27-28-22-25-17-9-11(2)19(13(4)20(17)31-22)26-21(29)14(5)30-18-8-7-15(23)10-16(18)24/h7-10,14H,6H2,1-5H3,(H,25,28)(H,26,29)/b27-12+/t14-/m1/s1. The molecule has 0 unspecified atom stereocenters. The highest BCUT2D eigenvalue weighted by atomic mass is 35.5. The zero-order valence-corrected chi connectivity index (χ0v) is 20.3. The number of rotatable bonds is 7. The minimum atomic E-state index is -0.752. The van der Waals surface area contributed by atoms with Crippen LogP contribution < -0.4 is 15.5 Å². The van der Waals surface area contributed by atoms with E-state index in [9.17, 15) is 4.79 Å². The van der Waals surface area contributed by atoms with Crippen LogP contribution in [0, 0.1) is 13.8 Å². The molecule has 0 radical (unpaired) electrons. The second-order valence-electron chi connectivity index (χ2n) is 7.20. The van der Waals surface area contributed by atoms with Crippen LogP contribution in [0.3, 0.4) is 0 Å². The number of halogens is 2. The summed E-state index contributed by atoms with van der Waals surface area (Å²) in [5, 5.41) is 8.87. The molecule has 1 aromatic heterocycles. The Hall–Kier alpha value is -2.35. The minimum Gasteiger partial charge on any atom is -0.479 e. The van der Waals surface area contributed by atoms with Crippen molar-refractivity contribution in [1.29, 1.82) is 0 Å². The Morgan fingerprint density at radius 2 is 2.03 bits per heavy atom. The maximum absolute atomic E-state index is 12.8. The van der Waals surface area contributed by atoms with E-state index in [1.807, 2.05) is 33.8 Å². The van der Waals surface area contributed by atoms with E-state index < -0.39 is 6.10 Å². The van der Waals surface area contributed by atoms with Gasteiger partial charge in [0.05, 0.1) is 15.2 Å². The number of hydrogen-bond acceptors (Lipinski definition) is 6. The Labute approximate surface area is 195 Å². The summed E-state index contributed by atoms with van der Waals surface area (Å²) in [6.45, 7) is 9.59. The van der Waals surface area contributed by atoms with Gasteiger partial charge < -0.3 is 10.1 Å². The highest BCUT2D eigenvalue weighted by Crippen LogP contribution is 2.35. The molecule has 2 aromatic carbocycles. The molecule has 9 heteroatoms. The SMILES string of the molecule is CC/C(C)=N/Nc1nc2cc(C)c(NC(=O)[C@@H](C)Oc3ccc(Cl)cc3Cl)c(C)c2s1. The zero-order chi connectivity index (χ0) is 22.7. The molecule has 0 aliphatic carbocycles. The summed E-state index contributed by atoms with van der Waals surface area (Å²) in [4.78, 5) is 17.4. The molecule has 1 amide bonds. The summed E-state index contributed by atoms with van der Waals surface area (Å²) in [5.74, 6) is 0.126. The summed E-state index contributed by atoms with van der Waals surface area (Å²) in [5.41, 5.74) is 7.48. The normalized spacial score (nSPS) is 12.7. The van der Waals surface area contributed by atoms with Crippen molar-refractivity contribution in [2.75, 3.05) is 10.7 Å². The lowest BCUT2D eigenvalue weighted by atomic mass is 10.1. The first-order chi connectivity index (χ1) is 14.7. The lowest BCUT2D eigenvalue weighted by Crippen LogP contribution is -2.30. The molecule has 0 bridgehead atoms. The summed E-state index contributed by atoms with van der Waals surface area (Å²) in [6.07, 6.45) is 0.117. The molecule has 3 rings (SSSR count). The third-order valence-corrected chi connectivity index (χ3v) is 6.41. The van der Waals surface area contributed by atoms with Crippen LogP contribution in [0.5, 0.6) is 5.75 Å². The molecular formula is C22H24Cl2N4O2S. The topological polar surface area (TPSA) is 75.6 Å². The number of hydrazone groups is 1. The van der Waals surface area contributed by atoms with E-state index in [4.69, 9.17) is 27.9 Å². The molecule has 1 atom stereocenters. The van der Waals surface area contributed by atoms with Crippen molar-refractivity contribution in [3.63, 3.8) is 0 Å². The molecule has 3 aromatic rings. The van der Waals surface area contributed by atoms with Crippen molar-refractivity contribution in [3.05, 3.63) is 45.4 Å².